The topological polar surface area (TPSA) is 89.3 Å². The van der Waals surface area contributed by atoms with Crippen molar-refractivity contribution in [2.24, 2.45) is 0 Å². The molecule has 112 valence electrons. The highest BCUT2D eigenvalue weighted by molar-refractivity contribution is 5.87. The molecule has 2 rings (SSSR count). The second kappa shape index (κ2) is 8.01. The minimum absolute atomic E-state index is 0.230. The van der Waals surface area contributed by atoms with Crippen LogP contribution in [-0.4, -0.2) is 45.8 Å². The van der Waals surface area contributed by atoms with Gasteiger partial charge in [-0.15, -0.1) is 5.10 Å². The van der Waals surface area contributed by atoms with Crippen molar-refractivity contribution in [3.8, 4) is 5.75 Å². The number of benzene rings is 1. The normalized spacial score (nSPS) is 10.5. The summed E-state index contributed by atoms with van der Waals surface area (Å²) in [7, 11) is 0. The number of nitrogens with one attached hydrogen (secondary N) is 1. The highest BCUT2D eigenvalue weighted by Gasteiger charge is 2.03. The van der Waals surface area contributed by atoms with Crippen LogP contribution in [0.3, 0.4) is 0 Å². The van der Waals surface area contributed by atoms with E-state index in [4.69, 9.17) is 9.84 Å². The molecule has 0 amide bonds. The van der Waals surface area contributed by atoms with E-state index in [1.807, 2.05) is 6.20 Å². The fourth-order valence-corrected chi connectivity index (χ4v) is 1.80. The van der Waals surface area contributed by atoms with Crippen LogP contribution in [0.1, 0.15) is 16.8 Å². The Kier molecular flexibility index (Phi) is 5.71. The van der Waals surface area contributed by atoms with Crippen LogP contribution in [0.15, 0.2) is 36.7 Å². The molecule has 0 aliphatic heterocycles. The highest BCUT2D eigenvalue weighted by Crippen LogP contribution is 2.12. The second-order valence-corrected chi connectivity index (χ2v) is 4.45. The Labute approximate surface area is 122 Å². The van der Waals surface area contributed by atoms with Crippen LogP contribution in [-0.2, 0) is 6.54 Å². The summed E-state index contributed by atoms with van der Waals surface area (Å²) in [5, 5.41) is 19.7. The Hall–Kier alpha value is -2.41. The minimum atomic E-state index is -0.952. The first-order valence-electron chi connectivity index (χ1n) is 6.76. The molecule has 0 bridgehead atoms. The zero-order valence-electron chi connectivity index (χ0n) is 11.6. The molecule has 0 radical (unpaired) electrons. The fourth-order valence-electron chi connectivity index (χ4n) is 1.80. The Morgan fingerprint density at radius 1 is 1.38 bits per heavy atom. The van der Waals surface area contributed by atoms with Crippen molar-refractivity contribution >= 4 is 5.97 Å². The number of hydrogen-bond donors (Lipinski definition) is 2. The molecule has 1 aromatic carbocycles. The molecule has 21 heavy (non-hydrogen) atoms. The van der Waals surface area contributed by atoms with Gasteiger partial charge in [-0.05, 0) is 31.2 Å². The smallest absolute Gasteiger partial charge is 0.335 e. The highest BCUT2D eigenvalue weighted by atomic mass is 16.5. The molecule has 0 saturated carbocycles. The van der Waals surface area contributed by atoms with Crippen molar-refractivity contribution < 1.29 is 14.6 Å². The van der Waals surface area contributed by atoms with Crippen molar-refractivity contribution in [2.45, 2.75) is 13.0 Å². The van der Waals surface area contributed by atoms with E-state index in [9.17, 15) is 4.79 Å². The molecular formula is C14H18N4O3. The average molecular weight is 290 g/mol. The lowest BCUT2D eigenvalue weighted by Gasteiger charge is -2.08. The number of carbonyl (C=O) groups is 1. The predicted octanol–water partition coefficient (Wildman–Crippen LogP) is 1.03. The van der Waals surface area contributed by atoms with Gasteiger partial charge in [0, 0.05) is 19.3 Å². The summed E-state index contributed by atoms with van der Waals surface area (Å²) in [6.07, 6.45) is 4.45. The first-order chi connectivity index (χ1) is 10.3. The van der Waals surface area contributed by atoms with Crippen LogP contribution in [0, 0.1) is 0 Å². The van der Waals surface area contributed by atoms with Crippen molar-refractivity contribution in [1.82, 2.24) is 20.3 Å². The molecule has 2 aromatic rings. The Bertz CT molecular complexity index is 557. The first kappa shape index (κ1) is 15.0. The maximum atomic E-state index is 10.8. The van der Waals surface area contributed by atoms with Crippen molar-refractivity contribution in [2.75, 3.05) is 19.7 Å². The van der Waals surface area contributed by atoms with Gasteiger partial charge in [-0.3, -0.25) is 4.68 Å². The molecule has 0 unspecified atom stereocenters. The number of carboxylic acids is 1. The fraction of sp³-hybridized carbons (Fsp3) is 0.357. The van der Waals surface area contributed by atoms with Gasteiger partial charge in [0.15, 0.2) is 0 Å². The second-order valence-electron chi connectivity index (χ2n) is 4.45. The van der Waals surface area contributed by atoms with Gasteiger partial charge in [0.1, 0.15) is 12.4 Å². The summed E-state index contributed by atoms with van der Waals surface area (Å²) in [6, 6.07) is 6.48. The third kappa shape index (κ3) is 5.23. The number of ether oxygens (including phenoxy) is 1. The molecule has 0 fully saturated rings. The van der Waals surface area contributed by atoms with E-state index in [-0.39, 0.29) is 5.56 Å². The first-order valence-corrected chi connectivity index (χ1v) is 6.76. The molecule has 7 nitrogen and oxygen atoms in total. The van der Waals surface area contributed by atoms with E-state index >= 15 is 0 Å². The maximum Gasteiger partial charge on any atom is 0.335 e. The summed E-state index contributed by atoms with van der Waals surface area (Å²) in [6.45, 7) is 2.88. The van der Waals surface area contributed by atoms with E-state index in [0.717, 1.165) is 19.5 Å². The van der Waals surface area contributed by atoms with Gasteiger partial charge in [0.25, 0.3) is 0 Å². The lowest BCUT2D eigenvalue weighted by Crippen LogP contribution is -2.23. The summed E-state index contributed by atoms with van der Waals surface area (Å²) >= 11 is 0. The van der Waals surface area contributed by atoms with Crippen LogP contribution >= 0.6 is 0 Å². The standard InChI is InChI=1S/C14H18N4O3/c19-14(20)12-3-1-4-13(11-12)21-10-7-15-5-2-8-18-9-6-16-17-18/h1,3-4,6,9,11,15H,2,5,7-8,10H2,(H,19,20). The molecule has 0 aliphatic rings. The largest absolute Gasteiger partial charge is 0.492 e. The monoisotopic (exact) mass is 290 g/mol. The van der Waals surface area contributed by atoms with Gasteiger partial charge in [0.05, 0.1) is 11.8 Å². The van der Waals surface area contributed by atoms with Gasteiger partial charge >= 0.3 is 5.97 Å². The van der Waals surface area contributed by atoms with Crippen LogP contribution in [0.2, 0.25) is 0 Å². The Morgan fingerprint density at radius 2 is 2.29 bits per heavy atom. The molecule has 2 N–H and O–H groups in total. The number of carboxylic acid groups (broad SMARTS) is 1. The quantitative estimate of drug-likeness (QED) is 0.671. The van der Waals surface area contributed by atoms with Gasteiger partial charge in [-0.2, -0.15) is 0 Å². The molecule has 7 heteroatoms. The maximum absolute atomic E-state index is 10.8. The van der Waals surface area contributed by atoms with Gasteiger partial charge in [-0.1, -0.05) is 11.3 Å². The van der Waals surface area contributed by atoms with Crippen LogP contribution in [0.4, 0.5) is 0 Å². The number of rotatable bonds is 9. The number of nitrogens with zero attached hydrogens (tertiary/aromatic N) is 3. The number of hydrogen-bond acceptors (Lipinski definition) is 5. The van der Waals surface area contributed by atoms with E-state index in [2.05, 4.69) is 15.6 Å². The van der Waals surface area contributed by atoms with E-state index in [0.29, 0.717) is 18.9 Å². The zero-order valence-corrected chi connectivity index (χ0v) is 11.6. The van der Waals surface area contributed by atoms with Crippen molar-refractivity contribution in [3.05, 3.63) is 42.2 Å². The average Bonchev–Trinajstić information content (AvgIpc) is 3.00. The Morgan fingerprint density at radius 3 is 3.05 bits per heavy atom. The zero-order chi connectivity index (χ0) is 14.9. The predicted molar refractivity (Wildman–Crippen MR) is 76.4 cm³/mol. The number of aryl methyl sites for hydroxylation is 1. The van der Waals surface area contributed by atoms with Crippen LogP contribution in [0.25, 0.3) is 0 Å². The summed E-state index contributed by atoms with van der Waals surface area (Å²) in [5.74, 6) is -0.383. The number of aromatic carboxylic acids is 1. The minimum Gasteiger partial charge on any atom is -0.492 e. The molecule has 1 aromatic heterocycles. The molecule has 1 heterocycles. The number of aromatic nitrogens is 3. The van der Waals surface area contributed by atoms with Gasteiger partial charge in [0.2, 0.25) is 0 Å². The van der Waals surface area contributed by atoms with E-state index in [1.165, 1.54) is 12.1 Å². The lowest BCUT2D eigenvalue weighted by molar-refractivity contribution is 0.0696. The SMILES string of the molecule is O=C(O)c1cccc(OCCNCCCn2ccnn2)c1. The molecule has 0 atom stereocenters. The summed E-state index contributed by atoms with van der Waals surface area (Å²) in [4.78, 5) is 10.8. The van der Waals surface area contributed by atoms with Gasteiger partial charge in [-0.25, -0.2) is 4.79 Å². The molecule has 0 saturated heterocycles. The van der Waals surface area contributed by atoms with Gasteiger partial charge < -0.3 is 15.2 Å². The van der Waals surface area contributed by atoms with Crippen molar-refractivity contribution in [3.63, 3.8) is 0 Å². The third-order valence-electron chi connectivity index (χ3n) is 2.84. The van der Waals surface area contributed by atoms with Crippen LogP contribution < -0.4 is 10.1 Å². The molecule has 0 spiro atoms. The van der Waals surface area contributed by atoms with E-state index in [1.54, 1.807) is 23.0 Å². The molecular weight excluding hydrogens is 272 g/mol. The molecule has 0 aliphatic carbocycles. The van der Waals surface area contributed by atoms with Crippen molar-refractivity contribution in [1.29, 1.82) is 0 Å². The van der Waals surface area contributed by atoms with E-state index < -0.39 is 5.97 Å². The summed E-state index contributed by atoms with van der Waals surface area (Å²) < 4.78 is 7.28. The lowest BCUT2D eigenvalue weighted by atomic mass is 10.2. The van der Waals surface area contributed by atoms with Crippen LogP contribution in [0.5, 0.6) is 5.75 Å². The summed E-state index contributed by atoms with van der Waals surface area (Å²) in [5.41, 5.74) is 0.230. The third-order valence-corrected chi connectivity index (χ3v) is 2.84. The Balaban J connectivity index is 1.57.